The van der Waals surface area contributed by atoms with Gasteiger partial charge in [0.2, 0.25) is 5.91 Å². The first-order valence-corrected chi connectivity index (χ1v) is 10.4. The van der Waals surface area contributed by atoms with E-state index >= 15 is 0 Å². The molecule has 0 radical (unpaired) electrons. The van der Waals surface area contributed by atoms with E-state index in [1.807, 2.05) is 30.3 Å². The first kappa shape index (κ1) is 18.5. The smallest absolute Gasteiger partial charge is 0.230 e. The van der Waals surface area contributed by atoms with Crippen LogP contribution in [0.3, 0.4) is 0 Å². The highest BCUT2D eigenvalue weighted by Crippen LogP contribution is 2.44. The Hall–Kier alpha value is -1.84. The van der Waals surface area contributed by atoms with E-state index in [9.17, 15) is 4.79 Å². The number of amides is 1. The second-order valence-electron chi connectivity index (χ2n) is 7.95. The van der Waals surface area contributed by atoms with Crippen molar-refractivity contribution in [3.05, 3.63) is 70.7 Å². The molecule has 4 heteroatoms. The third kappa shape index (κ3) is 4.04. The molecule has 2 fully saturated rings. The fraction of sp³-hybridized carbons (Fsp3) is 0.435. The lowest BCUT2D eigenvalue weighted by atomic mass is 9.63. The van der Waals surface area contributed by atoms with Crippen molar-refractivity contribution < 1.29 is 4.79 Å². The Morgan fingerprint density at radius 1 is 1.04 bits per heavy atom. The highest BCUT2D eigenvalue weighted by molar-refractivity contribution is 6.30. The molecule has 2 aliphatic rings. The summed E-state index contributed by atoms with van der Waals surface area (Å²) in [4.78, 5) is 15.5. The van der Waals surface area contributed by atoms with Gasteiger partial charge in [-0.05, 0) is 48.9 Å². The Balaban J connectivity index is 1.31. The van der Waals surface area contributed by atoms with Crippen molar-refractivity contribution >= 4 is 17.5 Å². The lowest BCUT2D eigenvalue weighted by Gasteiger charge is -2.42. The number of nitrogens with one attached hydrogen (secondary N) is 1. The summed E-state index contributed by atoms with van der Waals surface area (Å²) in [5.41, 5.74) is 2.18. The number of rotatable bonds is 5. The predicted octanol–water partition coefficient (Wildman–Crippen LogP) is 4.54. The van der Waals surface area contributed by atoms with Gasteiger partial charge in [0.15, 0.2) is 0 Å². The second kappa shape index (κ2) is 8.04. The summed E-state index contributed by atoms with van der Waals surface area (Å²) in [5, 5.41) is 4.15. The van der Waals surface area contributed by atoms with E-state index < -0.39 is 0 Å². The lowest BCUT2D eigenvalue weighted by Crippen LogP contribution is -2.54. The molecule has 0 unspecified atom stereocenters. The van der Waals surface area contributed by atoms with Crippen LogP contribution in [0.25, 0.3) is 0 Å². The van der Waals surface area contributed by atoms with Crippen molar-refractivity contribution in [3.63, 3.8) is 0 Å². The Morgan fingerprint density at radius 3 is 2.30 bits per heavy atom. The van der Waals surface area contributed by atoms with Crippen LogP contribution < -0.4 is 5.32 Å². The van der Waals surface area contributed by atoms with Crippen molar-refractivity contribution in [2.24, 2.45) is 0 Å². The van der Waals surface area contributed by atoms with Crippen molar-refractivity contribution in [2.45, 2.75) is 50.1 Å². The van der Waals surface area contributed by atoms with E-state index in [-0.39, 0.29) is 11.3 Å². The number of carbonyl (C=O) groups is 1. The van der Waals surface area contributed by atoms with Crippen LogP contribution in [0.1, 0.15) is 43.2 Å². The average molecular weight is 383 g/mol. The normalized spacial score (nSPS) is 20.0. The molecule has 1 N–H and O–H groups in total. The molecule has 0 aromatic heterocycles. The molecule has 0 atom stereocenters. The van der Waals surface area contributed by atoms with Crippen molar-refractivity contribution in [2.75, 3.05) is 13.1 Å². The number of halogens is 1. The molecule has 27 heavy (non-hydrogen) atoms. The summed E-state index contributed by atoms with van der Waals surface area (Å²) in [6, 6.07) is 18.7. The number of hydrogen-bond acceptors (Lipinski definition) is 2. The van der Waals surface area contributed by atoms with Crippen LogP contribution in [0, 0.1) is 0 Å². The summed E-state index contributed by atoms with van der Waals surface area (Å²) in [7, 11) is 0. The summed E-state index contributed by atoms with van der Waals surface area (Å²) in [6.07, 6.45) is 5.12. The standard InChI is InChI=1S/C23H27ClN2O/c24-20-9-7-18(8-10-20)17-26-15-11-21(12-16-26)25-22(27)23(13-4-14-23)19-5-2-1-3-6-19/h1-3,5-10,21H,4,11-17H2,(H,25,27). The Labute approximate surface area is 166 Å². The number of hydrogen-bond donors (Lipinski definition) is 1. The number of carbonyl (C=O) groups excluding carboxylic acids is 1. The Morgan fingerprint density at radius 2 is 1.70 bits per heavy atom. The zero-order chi connectivity index (χ0) is 18.7. The minimum absolute atomic E-state index is 0.233. The Bertz CT molecular complexity index is 763. The maximum Gasteiger partial charge on any atom is 0.230 e. The quantitative estimate of drug-likeness (QED) is 0.823. The van der Waals surface area contributed by atoms with E-state index in [0.29, 0.717) is 6.04 Å². The van der Waals surface area contributed by atoms with Gasteiger partial charge in [0.1, 0.15) is 0 Å². The number of nitrogens with zero attached hydrogens (tertiary/aromatic N) is 1. The summed E-state index contributed by atoms with van der Waals surface area (Å²) in [5.74, 6) is 0.233. The van der Waals surface area contributed by atoms with Gasteiger partial charge in [-0.1, -0.05) is 60.5 Å². The van der Waals surface area contributed by atoms with Crippen LogP contribution in [0.4, 0.5) is 0 Å². The molecule has 142 valence electrons. The minimum Gasteiger partial charge on any atom is -0.353 e. The largest absolute Gasteiger partial charge is 0.353 e. The van der Waals surface area contributed by atoms with E-state index in [1.54, 1.807) is 0 Å². The van der Waals surface area contributed by atoms with E-state index in [2.05, 4.69) is 34.5 Å². The molecule has 1 saturated carbocycles. The van der Waals surface area contributed by atoms with Gasteiger partial charge in [0, 0.05) is 30.7 Å². The van der Waals surface area contributed by atoms with Crippen LogP contribution in [0.2, 0.25) is 5.02 Å². The molecule has 0 spiro atoms. The minimum atomic E-state index is -0.290. The van der Waals surface area contributed by atoms with Gasteiger partial charge in [-0.25, -0.2) is 0 Å². The van der Waals surface area contributed by atoms with Gasteiger partial charge in [0.25, 0.3) is 0 Å². The second-order valence-corrected chi connectivity index (χ2v) is 8.39. The van der Waals surface area contributed by atoms with Gasteiger partial charge in [-0.15, -0.1) is 0 Å². The van der Waals surface area contributed by atoms with Crippen LogP contribution in [-0.4, -0.2) is 29.9 Å². The maximum absolute atomic E-state index is 13.1. The third-order valence-corrected chi connectivity index (χ3v) is 6.46. The molecule has 1 aliphatic carbocycles. The van der Waals surface area contributed by atoms with Crippen LogP contribution in [0.15, 0.2) is 54.6 Å². The fourth-order valence-corrected chi connectivity index (χ4v) is 4.47. The number of likely N-dealkylation sites (tertiary alicyclic amines) is 1. The number of piperidine rings is 1. The van der Waals surface area contributed by atoms with Crippen LogP contribution >= 0.6 is 11.6 Å². The van der Waals surface area contributed by atoms with E-state index in [1.165, 1.54) is 11.1 Å². The molecule has 2 aromatic rings. The van der Waals surface area contributed by atoms with Crippen molar-refractivity contribution in [1.82, 2.24) is 10.2 Å². The van der Waals surface area contributed by atoms with Crippen molar-refractivity contribution in [1.29, 1.82) is 0 Å². The average Bonchev–Trinajstić information content (AvgIpc) is 2.65. The fourth-order valence-electron chi connectivity index (χ4n) is 4.34. The van der Waals surface area contributed by atoms with Crippen molar-refractivity contribution in [3.8, 4) is 0 Å². The van der Waals surface area contributed by atoms with Gasteiger partial charge in [-0.2, -0.15) is 0 Å². The SMILES string of the molecule is O=C(NC1CCN(Cc2ccc(Cl)cc2)CC1)C1(c2ccccc2)CCC1. The molecule has 0 bridgehead atoms. The van der Waals surface area contributed by atoms with E-state index in [0.717, 1.165) is 56.8 Å². The highest BCUT2D eigenvalue weighted by Gasteiger charge is 2.46. The van der Waals surface area contributed by atoms with Gasteiger partial charge in [-0.3, -0.25) is 9.69 Å². The first-order chi connectivity index (χ1) is 13.2. The molecule has 4 rings (SSSR count). The molecular weight excluding hydrogens is 356 g/mol. The summed E-state index contributed by atoms with van der Waals surface area (Å²) in [6.45, 7) is 2.99. The van der Waals surface area contributed by atoms with E-state index in [4.69, 9.17) is 11.6 Å². The molecule has 3 nitrogen and oxygen atoms in total. The zero-order valence-corrected chi connectivity index (χ0v) is 16.4. The molecule has 1 saturated heterocycles. The molecule has 2 aromatic carbocycles. The molecule has 1 heterocycles. The zero-order valence-electron chi connectivity index (χ0n) is 15.7. The van der Waals surface area contributed by atoms with Gasteiger partial charge >= 0.3 is 0 Å². The van der Waals surface area contributed by atoms with Gasteiger partial charge in [0.05, 0.1) is 5.41 Å². The van der Waals surface area contributed by atoms with Crippen LogP contribution in [-0.2, 0) is 16.8 Å². The molecule has 1 aliphatic heterocycles. The highest BCUT2D eigenvalue weighted by atomic mass is 35.5. The summed E-state index contributed by atoms with van der Waals surface area (Å²) >= 11 is 5.97. The predicted molar refractivity (Wildman–Crippen MR) is 110 cm³/mol. The Kier molecular flexibility index (Phi) is 5.51. The first-order valence-electron chi connectivity index (χ1n) is 9.99. The van der Waals surface area contributed by atoms with Gasteiger partial charge < -0.3 is 5.32 Å². The molecule has 1 amide bonds. The molecular formula is C23H27ClN2O. The topological polar surface area (TPSA) is 32.3 Å². The third-order valence-electron chi connectivity index (χ3n) is 6.21. The lowest BCUT2D eigenvalue weighted by molar-refractivity contribution is -0.131. The maximum atomic E-state index is 13.1. The number of benzene rings is 2. The van der Waals surface area contributed by atoms with Crippen LogP contribution in [0.5, 0.6) is 0 Å². The summed E-state index contributed by atoms with van der Waals surface area (Å²) < 4.78 is 0. The monoisotopic (exact) mass is 382 g/mol.